The lowest BCUT2D eigenvalue weighted by atomic mass is 9.91. The molecule has 0 saturated heterocycles. The average Bonchev–Trinajstić information content (AvgIpc) is 2.80. The van der Waals surface area contributed by atoms with Crippen LogP contribution in [0, 0.1) is 5.92 Å². The summed E-state index contributed by atoms with van der Waals surface area (Å²) in [5.41, 5.74) is 7.24. The van der Waals surface area contributed by atoms with Gasteiger partial charge in [0.15, 0.2) is 0 Å². The van der Waals surface area contributed by atoms with Crippen molar-refractivity contribution in [2.45, 2.75) is 87.0 Å². The van der Waals surface area contributed by atoms with Crippen molar-refractivity contribution in [3.8, 4) is 0 Å². The summed E-state index contributed by atoms with van der Waals surface area (Å²) < 4.78 is 0. The fraction of sp³-hybridized carbons (Fsp3) is 0.469. The van der Waals surface area contributed by atoms with Crippen molar-refractivity contribution in [3.05, 3.63) is 75.9 Å². The molecule has 0 radical (unpaired) electrons. The van der Waals surface area contributed by atoms with E-state index in [1.807, 2.05) is 13.8 Å². The molecule has 1 aromatic carbocycles. The Bertz CT molecular complexity index is 1020. The molecule has 34 heavy (non-hydrogen) atoms. The standard InChI is InChI=1S/C27H34N2.C3H8.C2H6.H2/c1-6-8-12-25-17-27(20(4)18-28-25)21(5)29-26-14-13-19(3)24(16-26)15-22(7-2)23-10-9-11-23;1-3-2;1-2;/h7,10,13-17,20,29H,3,5-6,8-9,11-12,18H2,1-2,4H3;3H2,1-2H3;1-2H3;1H/b22-7+,24-15-;;;. The van der Waals surface area contributed by atoms with Gasteiger partial charge in [0.05, 0.1) is 0 Å². The monoisotopic (exact) mass is 462 g/mol. The Morgan fingerprint density at radius 1 is 1.24 bits per heavy atom. The normalized spacial score (nSPS) is 17.6. The summed E-state index contributed by atoms with van der Waals surface area (Å²) in [6, 6.07) is 6.34. The molecule has 3 rings (SSSR count). The number of hydrogen-bond donors (Lipinski definition) is 1. The first-order valence-corrected chi connectivity index (χ1v) is 13.3. The lowest BCUT2D eigenvalue weighted by Crippen LogP contribution is -2.24. The van der Waals surface area contributed by atoms with Gasteiger partial charge in [0, 0.05) is 31.0 Å². The van der Waals surface area contributed by atoms with Gasteiger partial charge in [0.25, 0.3) is 0 Å². The quantitative estimate of drug-likeness (QED) is 0.412. The summed E-state index contributed by atoms with van der Waals surface area (Å²) >= 11 is 0. The summed E-state index contributed by atoms with van der Waals surface area (Å²) in [5.74, 6) is 0.388. The van der Waals surface area contributed by atoms with E-state index < -0.39 is 0 Å². The minimum atomic E-state index is 0. The Kier molecular flexibility index (Phi) is 13.9. The molecule has 1 heterocycles. The van der Waals surface area contributed by atoms with Gasteiger partial charge >= 0.3 is 0 Å². The van der Waals surface area contributed by atoms with E-state index in [1.165, 1.54) is 54.5 Å². The van der Waals surface area contributed by atoms with Crippen LogP contribution in [0.1, 0.15) is 88.4 Å². The van der Waals surface area contributed by atoms with E-state index >= 15 is 0 Å². The highest BCUT2D eigenvalue weighted by atomic mass is 14.9. The lowest BCUT2D eigenvalue weighted by molar-refractivity contribution is 0.689. The number of hydrogen-bond acceptors (Lipinski definition) is 2. The van der Waals surface area contributed by atoms with Gasteiger partial charge in [-0.2, -0.15) is 0 Å². The van der Waals surface area contributed by atoms with Gasteiger partial charge in [0.1, 0.15) is 0 Å². The highest BCUT2D eigenvalue weighted by Crippen LogP contribution is 2.27. The van der Waals surface area contributed by atoms with Crippen LogP contribution >= 0.6 is 0 Å². The highest BCUT2D eigenvalue weighted by molar-refractivity contribution is 5.97. The van der Waals surface area contributed by atoms with E-state index in [1.54, 1.807) is 0 Å². The van der Waals surface area contributed by atoms with E-state index in [4.69, 9.17) is 4.99 Å². The third kappa shape index (κ3) is 8.97. The van der Waals surface area contributed by atoms with E-state index in [0.29, 0.717) is 5.92 Å². The fourth-order valence-corrected chi connectivity index (χ4v) is 3.75. The number of allylic oxidation sites excluding steroid dienone is 6. The molecule has 0 bridgehead atoms. The zero-order valence-corrected chi connectivity index (χ0v) is 22.9. The van der Waals surface area contributed by atoms with Gasteiger partial charge in [-0.3, -0.25) is 4.99 Å². The van der Waals surface area contributed by atoms with Crippen LogP contribution < -0.4 is 15.8 Å². The average molecular weight is 463 g/mol. The van der Waals surface area contributed by atoms with Crippen LogP contribution in [0.2, 0.25) is 0 Å². The fourth-order valence-electron chi connectivity index (χ4n) is 3.75. The van der Waals surface area contributed by atoms with Crippen molar-refractivity contribution in [2.75, 3.05) is 11.9 Å². The molecule has 0 amide bonds. The van der Waals surface area contributed by atoms with Crippen LogP contribution in [-0.4, -0.2) is 12.3 Å². The summed E-state index contributed by atoms with van der Waals surface area (Å²) in [6.07, 6.45) is 16.0. The van der Waals surface area contributed by atoms with E-state index in [2.05, 4.69) is 95.6 Å². The topological polar surface area (TPSA) is 24.4 Å². The molecule has 2 nitrogen and oxygen atoms in total. The molecule has 1 aromatic rings. The molecule has 2 heteroatoms. The molecule has 0 saturated carbocycles. The number of dihydropyridines is 1. The van der Waals surface area contributed by atoms with Gasteiger partial charge in [-0.25, -0.2) is 0 Å². The number of benzene rings is 1. The molecule has 1 atom stereocenters. The maximum Gasteiger partial charge on any atom is 0.0459 e. The molecule has 1 N–H and O–H groups in total. The number of unbranched alkanes of at least 4 members (excludes halogenated alkanes) is 1. The Morgan fingerprint density at radius 2 is 1.91 bits per heavy atom. The molecular weight excluding hydrogens is 412 g/mol. The van der Waals surface area contributed by atoms with Crippen LogP contribution in [0.25, 0.3) is 12.7 Å². The maximum absolute atomic E-state index is 4.73. The number of nitrogens with zero attached hydrogens (tertiary/aromatic N) is 1. The molecule has 0 spiro atoms. The first-order chi connectivity index (χ1) is 16.4. The largest absolute Gasteiger partial charge is 0.356 e. The SMILES string of the molecule is C=C(Nc1ccc(=C)/c(=C\C(=C/C)C2=CCC2)c1)C1=CC(CCCC)=NCC1C.CC.CCC.[HH]. The van der Waals surface area contributed by atoms with Gasteiger partial charge in [-0.15, -0.1) is 0 Å². The van der Waals surface area contributed by atoms with Gasteiger partial charge in [0.2, 0.25) is 0 Å². The predicted octanol–water partition coefficient (Wildman–Crippen LogP) is 8.37. The Labute approximate surface area is 211 Å². The molecule has 1 unspecified atom stereocenters. The minimum absolute atomic E-state index is 0. The van der Waals surface area contributed by atoms with Crippen LogP contribution in [0.4, 0.5) is 5.69 Å². The van der Waals surface area contributed by atoms with Crippen molar-refractivity contribution in [1.82, 2.24) is 0 Å². The molecule has 0 fully saturated rings. The van der Waals surface area contributed by atoms with Crippen molar-refractivity contribution in [1.29, 1.82) is 0 Å². The van der Waals surface area contributed by atoms with Crippen LogP contribution in [0.5, 0.6) is 0 Å². The van der Waals surface area contributed by atoms with Crippen molar-refractivity contribution in [2.24, 2.45) is 10.9 Å². The maximum atomic E-state index is 4.73. The lowest BCUT2D eigenvalue weighted by Gasteiger charge is -2.23. The Balaban J connectivity index is 0.00000179. The van der Waals surface area contributed by atoms with Gasteiger partial charge in [-0.05, 0) is 84.0 Å². The summed E-state index contributed by atoms with van der Waals surface area (Å²) in [7, 11) is 0. The predicted molar refractivity (Wildman–Crippen MR) is 158 cm³/mol. The number of nitrogens with one attached hydrogen (secondary N) is 1. The van der Waals surface area contributed by atoms with Crippen molar-refractivity contribution >= 4 is 24.1 Å². The van der Waals surface area contributed by atoms with Crippen LogP contribution in [0.3, 0.4) is 0 Å². The third-order valence-electron chi connectivity index (χ3n) is 5.79. The van der Waals surface area contributed by atoms with Gasteiger partial charge in [-0.1, -0.05) is 85.8 Å². The summed E-state index contributed by atoms with van der Waals surface area (Å²) in [5, 5.41) is 5.73. The summed E-state index contributed by atoms with van der Waals surface area (Å²) in [4.78, 5) is 4.73. The molecule has 2 aliphatic rings. The van der Waals surface area contributed by atoms with Crippen LogP contribution in [-0.2, 0) is 0 Å². The Hall–Kier alpha value is -2.61. The Morgan fingerprint density at radius 3 is 2.47 bits per heavy atom. The van der Waals surface area contributed by atoms with Crippen molar-refractivity contribution in [3.63, 3.8) is 0 Å². The van der Waals surface area contributed by atoms with E-state index in [9.17, 15) is 0 Å². The van der Waals surface area contributed by atoms with E-state index in [0.717, 1.165) is 34.8 Å². The van der Waals surface area contributed by atoms with E-state index in [-0.39, 0.29) is 1.43 Å². The molecule has 0 aromatic heterocycles. The smallest absolute Gasteiger partial charge is 0.0459 e. The second-order valence-electron chi connectivity index (χ2n) is 8.82. The third-order valence-corrected chi connectivity index (χ3v) is 5.79. The second kappa shape index (κ2) is 16.1. The number of rotatable bonds is 8. The van der Waals surface area contributed by atoms with Gasteiger partial charge < -0.3 is 5.32 Å². The molecular formula is C32H50N2. The van der Waals surface area contributed by atoms with Crippen molar-refractivity contribution < 1.29 is 1.43 Å². The number of aliphatic imine (C=N–C) groups is 1. The zero-order chi connectivity index (χ0) is 25.5. The molecule has 1 aliphatic carbocycles. The van der Waals surface area contributed by atoms with Crippen LogP contribution in [0.15, 0.2) is 70.4 Å². The molecule has 188 valence electrons. The first kappa shape index (κ1) is 29.4. The minimum Gasteiger partial charge on any atom is -0.356 e. The highest BCUT2D eigenvalue weighted by Gasteiger charge is 2.17. The molecule has 1 aliphatic heterocycles. The zero-order valence-electron chi connectivity index (χ0n) is 22.9. The second-order valence-corrected chi connectivity index (χ2v) is 8.82. The first-order valence-electron chi connectivity index (χ1n) is 13.3. The number of anilines is 1. The summed E-state index contributed by atoms with van der Waals surface area (Å²) in [6.45, 7) is 24.2.